The molecule has 0 aliphatic carbocycles. The molecule has 108 valence electrons. The molecule has 1 atom stereocenters. The van der Waals surface area contributed by atoms with Gasteiger partial charge >= 0.3 is 0 Å². The second kappa shape index (κ2) is 8.27. The molecule has 1 rings (SSSR count). The Morgan fingerprint density at radius 2 is 2.00 bits per heavy atom. The number of nitrogens with two attached hydrogens (primary N) is 1. The molecular weight excluding hydrogens is 324 g/mol. The first-order valence-corrected chi connectivity index (χ1v) is 8.14. The molecule has 1 aromatic rings. The van der Waals surface area contributed by atoms with Crippen molar-refractivity contribution in [3.05, 3.63) is 28.7 Å². The van der Waals surface area contributed by atoms with Gasteiger partial charge in [0.1, 0.15) is 0 Å². The zero-order valence-corrected chi connectivity index (χ0v) is 14.2. The van der Waals surface area contributed by atoms with Crippen LogP contribution < -0.4 is 11.3 Å². The molecule has 0 fully saturated rings. The molecule has 1 aromatic carbocycles. The number of rotatable bonds is 8. The van der Waals surface area contributed by atoms with Crippen molar-refractivity contribution in [2.75, 3.05) is 12.9 Å². The summed E-state index contributed by atoms with van der Waals surface area (Å²) in [5.74, 6) is 6.58. The molecule has 0 aliphatic heterocycles. The summed E-state index contributed by atoms with van der Waals surface area (Å²) in [6.45, 7) is 4.20. The van der Waals surface area contributed by atoms with E-state index in [1.807, 2.05) is 11.8 Å². The zero-order chi connectivity index (χ0) is 14.3. The summed E-state index contributed by atoms with van der Waals surface area (Å²) in [5.41, 5.74) is 2.81. The number of halogens is 1. The van der Waals surface area contributed by atoms with Gasteiger partial charge in [-0.3, -0.25) is 11.3 Å². The van der Waals surface area contributed by atoms with Crippen molar-refractivity contribution in [1.82, 2.24) is 5.43 Å². The van der Waals surface area contributed by atoms with Gasteiger partial charge in [-0.1, -0.05) is 15.9 Å². The molecule has 1 unspecified atom stereocenters. The Morgan fingerprint density at radius 1 is 1.37 bits per heavy atom. The first-order valence-electron chi connectivity index (χ1n) is 6.36. The Labute approximate surface area is 128 Å². The largest absolute Gasteiger partial charge is 0.379 e. The van der Waals surface area contributed by atoms with Crippen molar-refractivity contribution in [1.29, 1.82) is 0 Å². The van der Waals surface area contributed by atoms with Gasteiger partial charge in [0.2, 0.25) is 0 Å². The second-order valence-corrected chi connectivity index (χ2v) is 7.14. The molecule has 0 amide bonds. The van der Waals surface area contributed by atoms with Crippen molar-refractivity contribution in [2.45, 2.75) is 43.2 Å². The number of benzene rings is 1. The molecule has 0 radical (unpaired) electrons. The third-order valence-electron chi connectivity index (χ3n) is 3.15. The molecule has 0 saturated carbocycles. The summed E-state index contributed by atoms with van der Waals surface area (Å²) >= 11 is 5.25. The average molecular weight is 347 g/mol. The lowest BCUT2D eigenvalue weighted by Gasteiger charge is -2.25. The molecule has 0 aromatic heterocycles. The molecule has 5 heteroatoms. The number of hydrogen-bond donors (Lipinski definition) is 2. The van der Waals surface area contributed by atoms with Crippen LogP contribution in [-0.2, 0) is 4.74 Å². The number of methoxy groups -OCH3 is 1. The van der Waals surface area contributed by atoms with Crippen LogP contribution in [0.15, 0.2) is 33.6 Å². The van der Waals surface area contributed by atoms with Gasteiger partial charge < -0.3 is 4.74 Å². The average Bonchev–Trinajstić information content (AvgIpc) is 2.41. The maximum Gasteiger partial charge on any atom is 0.0623 e. The van der Waals surface area contributed by atoms with Gasteiger partial charge in [0.05, 0.1) is 5.60 Å². The van der Waals surface area contributed by atoms with Gasteiger partial charge in [0, 0.05) is 28.3 Å². The van der Waals surface area contributed by atoms with Crippen LogP contribution in [0.5, 0.6) is 0 Å². The summed E-state index contributed by atoms with van der Waals surface area (Å²) < 4.78 is 6.53. The Hall–Kier alpha value is -0.0700. The molecule has 19 heavy (non-hydrogen) atoms. The van der Waals surface area contributed by atoms with E-state index in [4.69, 9.17) is 10.6 Å². The van der Waals surface area contributed by atoms with E-state index < -0.39 is 0 Å². The summed E-state index contributed by atoms with van der Waals surface area (Å²) in [7, 11) is 1.75. The fourth-order valence-corrected chi connectivity index (χ4v) is 2.82. The van der Waals surface area contributed by atoms with E-state index in [0.717, 1.165) is 23.1 Å². The molecule has 3 N–H and O–H groups in total. The predicted octanol–water partition coefficient (Wildman–Crippen LogP) is 3.58. The van der Waals surface area contributed by atoms with Crippen LogP contribution >= 0.6 is 27.7 Å². The van der Waals surface area contributed by atoms with Crippen LogP contribution in [0.25, 0.3) is 0 Å². The molecule has 3 nitrogen and oxygen atoms in total. The highest BCUT2D eigenvalue weighted by Crippen LogP contribution is 2.23. The summed E-state index contributed by atoms with van der Waals surface area (Å²) in [4.78, 5) is 1.26. The normalized spacial score (nSPS) is 13.5. The smallest absolute Gasteiger partial charge is 0.0623 e. The summed E-state index contributed by atoms with van der Waals surface area (Å²) in [6.07, 6.45) is 1.99. The molecular formula is C14H23BrN2OS. The van der Waals surface area contributed by atoms with Crippen LogP contribution in [0, 0.1) is 0 Å². The quantitative estimate of drug-likeness (QED) is 0.429. The van der Waals surface area contributed by atoms with Gasteiger partial charge in [-0.2, -0.15) is 0 Å². The summed E-state index contributed by atoms with van der Waals surface area (Å²) in [5, 5.41) is 0. The minimum Gasteiger partial charge on any atom is -0.379 e. The van der Waals surface area contributed by atoms with E-state index in [2.05, 4.69) is 59.5 Å². The minimum atomic E-state index is -0.0859. The van der Waals surface area contributed by atoms with Crippen molar-refractivity contribution in [3.8, 4) is 0 Å². The number of nitrogens with one attached hydrogen (secondary N) is 1. The maximum atomic E-state index is 5.62. The van der Waals surface area contributed by atoms with Crippen LogP contribution in [0.4, 0.5) is 0 Å². The Balaban J connectivity index is 2.38. The van der Waals surface area contributed by atoms with E-state index in [9.17, 15) is 0 Å². The predicted molar refractivity (Wildman–Crippen MR) is 86.3 cm³/mol. The zero-order valence-electron chi connectivity index (χ0n) is 11.8. The van der Waals surface area contributed by atoms with Crippen molar-refractivity contribution in [3.63, 3.8) is 0 Å². The molecule has 0 bridgehead atoms. The lowest BCUT2D eigenvalue weighted by Crippen LogP contribution is -2.38. The SMILES string of the molecule is COC(C)(C)CCC(CSc1ccc(Br)cc1)NN. The monoisotopic (exact) mass is 346 g/mol. The maximum absolute atomic E-state index is 5.62. The fraction of sp³-hybridized carbons (Fsp3) is 0.571. The first-order chi connectivity index (χ1) is 8.96. The first kappa shape index (κ1) is 17.0. The molecule has 0 saturated heterocycles. The van der Waals surface area contributed by atoms with E-state index >= 15 is 0 Å². The second-order valence-electron chi connectivity index (χ2n) is 5.13. The van der Waals surface area contributed by atoms with Gasteiger partial charge in [-0.25, -0.2) is 0 Å². The van der Waals surface area contributed by atoms with E-state index in [1.54, 1.807) is 7.11 Å². The Kier molecular flexibility index (Phi) is 7.39. The topological polar surface area (TPSA) is 47.3 Å². The highest BCUT2D eigenvalue weighted by molar-refractivity contribution is 9.10. The van der Waals surface area contributed by atoms with E-state index in [1.165, 1.54) is 4.90 Å². The van der Waals surface area contributed by atoms with Gasteiger partial charge in [-0.15, -0.1) is 11.8 Å². The summed E-state index contributed by atoms with van der Waals surface area (Å²) in [6, 6.07) is 8.63. The minimum absolute atomic E-state index is 0.0859. The van der Waals surface area contributed by atoms with E-state index in [-0.39, 0.29) is 5.60 Å². The van der Waals surface area contributed by atoms with Crippen LogP contribution in [-0.4, -0.2) is 24.5 Å². The molecule has 0 spiro atoms. The van der Waals surface area contributed by atoms with Crippen LogP contribution in [0.2, 0.25) is 0 Å². The third-order valence-corrected chi connectivity index (χ3v) is 4.85. The lowest BCUT2D eigenvalue weighted by molar-refractivity contribution is 0.0122. The number of ether oxygens (including phenoxy) is 1. The van der Waals surface area contributed by atoms with Crippen LogP contribution in [0.3, 0.4) is 0 Å². The van der Waals surface area contributed by atoms with Gasteiger partial charge in [0.15, 0.2) is 0 Å². The van der Waals surface area contributed by atoms with Crippen molar-refractivity contribution >= 4 is 27.7 Å². The molecule has 0 aliphatic rings. The molecule has 0 heterocycles. The Bertz CT molecular complexity index is 370. The number of hydrogen-bond acceptors (Lipinski definition) is 4. The lowest BCUT2D eigenvalue weighted by atomic mass is 10.00. The highest BCUT2D eigenvalue weighted by Gasteiger charge is 2.18. The third kappa shape index (κ3) is 6.77. The van der Waals surface area contributed by atoms with E-state index in [0.29, 0.717) is 6.04 Å². The highest BCUT2D eigenvalue weighted by atomic mass is 79.9. The Morgan fingerprint density at radius 3 is 2.53 bits per heavy atom. The van der Waals surface area contributed by atoms with Crippen molar-refractivity contribution < 1.29 is 4.74 Å². The number of hydrazine groups is 1. The standard InChI is InChI=1S/C14H23BrN2OS/c1-14(2,18-3)9-8-12(17-16)10-19-13-6-4-11(15)5-7-13/h4-7,12,17H,8-10,16H2,1-3H3. The van der Waals surface area contributed by atoms with Gasteiger partial charge in [-0.05, 0) is 51.0 Å². The van der Waals surface area contributed by atoms with Crippen LogP contribution in [0.1, 0.15) is 26.7 Å². The van der Waals surface area contributed by atoms with Gasteiger partial charge in [0.25, 0.3) is 0 Å². The fourth-order valence-electron chi connectivity index (χ4n) is 1.57. The van der Waals surface area contributed by atoms with Crippen molar-refractivity contribution in [2.24, 2.45) is 5.84 Å². The number of thioether (sulfide) groups is 1.